The van der Waals surface area contributed by atoms with Crippen LogP contribution < -0.4 is 0 Å². The van der Waals surface area contributed by atoms with Crippen LogP contribution in [-0.2, 0) is 22.1 Å². The van der Waals surface area contributed by atoms with Gasteiger partial charge < -0.3 is 9.36 Å². The molecule has 1 fully saturated rings. The first-order chi connectivity index (χ1) is 10.5. The Hall–Kier alpha value is -1.90. The van der Waals surface area contributed by atoms with Gasteiger partial charge in [-0.25, -0.2) is 0 Å². The summed E-state index contributed by atoms with van der Waals surface area (Å²) in [6.45, 7) is 4.29. The summed E-state index contributed by atoms with van der Waals surface area (Å²) in [7, 11) is 2.04. The molecule has 1 aromatic carbocycles. The van der Waals surface area contributed by atoms with E-state index in [4.69, 9.17) is 0 Å². The van der Waals surface area contributed by atoms with Crippen molar-refractivity contribution in [3.8, 4) is 0 Å². The smallest absolute Gasteiger partial charge is 0.146 e. The van der Waals surface area contributed by atoms with Gasteiger partial charge >= 0.3 is 0 Å². The molecule has 1 aromatic heterocycles. The molecule has 3 heteroatoms. The van der Waals surface area contributed by atoms with Crippen LogP contribution in [0, 0.1) is 11.8 Å². The third-order valence-corrected chi connectivity index (χ3v) is 5.34. The summed E-state index contributed by atoms with van der Waals surface area (Å²) in [4.78, 5) is 23.9. The van der Waals surface area contributed by atoms with Crippen LogP contribution in [0.4, 0.5) is 0 Å². The molecular weight excluding hydrogens is 274 g/mol. The lowest BCUT2D eigenvalue weighted by Crippen LogP contribution is -2.41. The fourth-order valence-corrected chi connectivity index (χ4v) is 3.98. The summed E-state index contributed by atoms with van der Waals surface area (Å²) in [5, 5.41) is 1.20. The van der Waals surface area contributed by atoms with Gasteiger partial charge in [-0.15, -0.1) is 0 Å². The molecule has 2 atom stereocenters. The molecule has 116 valence electrons. The number of nitrogens with zero attached hydrogens (tertiary/aromatic N) is 1. The van der Waals surface area contributed by atoms with E-state index in [0.717, 1.165) is 19.1 Å². The van der Waals surface area contributed by atoms with Gasteiger partial charge in [-0.2, -0.15) is 0 Å². The van der Waals surface area contributed by atoms with Crippen LogP contribution in [0.3, 0.4) is 0 Å². The fraction of sp³-hybridized carbons (Fsp3) is 0.474. The quantitative estimate of drug-likeness (QED) is 0.641. The lowest BCUT2D eigenvalue weighted by molar-refractivity contribution is -0.134. The van der Waals surface area contributed by atoms with E-state index in [1.165, 1.54) is 16.5 Å². The third kappa shape index (κ3) is 2.20. The topological polar surface area (TPSA) is 39.1 Å². The highest BCUT2D eigenvalue weighted by molar-refractivity contribution is 5.97. The Morgan fingerprint density at radius 3 is 2.68 bits per heavy atom. The van der Waals surface area contributed by atoms with Gasteiger partial charge in [0.2, 0.25) is 0 Å². The standard InChI is InChI=1S/C19H23NO2/c1-19(2,15-9-6-7-13(12-21)18(15)22)16-11-20(3)17-10-5-4-8-14(16)17/h4-5,8,10-13,15H,6-7,9H2,1-3H3. The minimum absolute atomic E-state index is 0.0812. The van der Waals surface area contributed by atoms with Crippen molar-refractivity contribution in [3.05, 3.63) is 36.0 Å². The van der Waals surface area contributed by atoms with Crippen molar-refractivity contribution >= 4 is 23.0 Å². The number of fused-ring (bicyclic) bond motifs is 1. The summed E-state index contributed by atoms with van der Waals surface area (Å²) in [5.74, 6) is -0.366. The Morgan fingerprint density at radius 1 is 1.23 bits per heavy atom. The second kappa shape index (κ2) is 5.38. The molecule has 1 saturated carbocycles. The lowest BCUT2D eigenvalue weighted by Gasteiger charge is -2.37. The molecule has 1 heterocycles. The highest BCUT2D eigenvalue weighted by atomic mass is 16.1. The molecule has 0 bridgehead atoms. The number of carbonyl (C=O) groups is 2. The van der Waals surface area contributed by atoms with Crippen molar-refractivity contribution in [2.75, 3.05) is 0 Å². The van der Waals surface area contributed by atoms with Crippen molar-refractivity contribution in [2.24, 2.45) is 18.9 Å². The fourth-order valence-electron chi connectivity index (χ4n) is 3.98. The number of benzene rings is 1. The zero-order valence-electron chi connectivity index (χ0n) is 13.5. The van der Waals surface area contributed by atoms with E-state index >= 15 is 0 Å². The normalized spacial score (nSPS) is 23.0. The largest absolute Gasteiger partial charge is 0.350 e. The molecule has 3 nitrogen and oxygen atoms in total. The van der Waals surface area contributed by atoms with Crippen LogP contribution in [0.25, 0.3) is 10.9 Å². The maximum Gasteiger partial charge on any atom is 0.146 e. The number of para-hydroxylation sites is 1. The average Bonchev–Trinajstić information content (AvgIpc) is 2.86. The van der Waals surface area contributed by atoms with E-state index in [0.29, 0.717) is 6.42 Å². The monoisotopic (exact) mass is 297 g/mol. The number of hydrogen-bond acceptors (Lipinski definition) is 2. The maximum atomic E-state index is 12.7. The van der Waals surface area contributed by atoms with Gasteiger partial charge in [0.25, 0.3) is 0 Å². The lowest BCUT2D eigenvalue weighted by atomic mass is 9.64. The minimum atomic E-state index is -0.409. The number of aldehydes is 1. The average molecular weight is 297 g/mol. The van der Waals surface area contributed by atoms with E-state index in [1.807, 2.05) is 19.2 Å². The zero-order valence-corrected chi connectivity index (χ0v) is 13.5. The molecule has 0 saturated heterocycles. The second-order valence-electron chi connectivity index (χ2n) is 7.02. The predicted molar refractivity (Wildman–Crippen MR) is 87.8 cm³/mol. The Bertz CT molecular complexity index is 726. The van der Waals surface area contributed by atoms with Crippen LogP contribution in [0.15, 0.2) is 30.5 Å². The molecule has 1 aliphatic carbocycles. The van der Waals surface area contributed by atoms with E-state index in [9.17, 15) is 9.59 Å². The van der Waals surface area contributed by atoms with Crippen molar-refractivity contribution in [3.63, 3.8) is 0 Å². The molecule has 0 spiro atoms. The molecule has 2 unspecified atom stereocenters. The molecule has 0 radical (unpaired) electrons. The number of hydrogen-bond donors (Lipinski definition) is 0. The van der Waals surface area contributed by atoms with Crippen LogP contribution in [0.5, 0.6) is 0 Å². The van der Waals surface area contributed by atoms with Crippen molar-refractivity contribution < 1.29 is 9.59 Å². The maximum absolute atomic E-state index is 12.7. The molecule has 22 heavy (non-hydrogen) atoms. The van der Waals surface area contributed by atoms with Crippen molar-refractivity contribution in [1.29, 1.82) is 0 Å². The summed E-state index contributed by atoms with van der Waals surface area (Å²) < 4.78 is 2.12. The number of aryl methyl sites for hydroxylation is 1. The summed E-state index contributed by atoms with van der Waals surface area (Å²) in [5.41, 5.74) is 2.12. The predicted octanol–water partition coefficient (Wildman–Crippen LogP) is 3.64. The second-order valence-corrected chi connectivity index (χ2v) is 7.02. The van der Waals surface area contributed by atoms with Crippen LogP contribution in [0.2, 0.25) is 0 Å². The molecule has 2 aromatic rings. The Labute approximate surface area is 131 Å². The molecule has 3 rings (SSSR count). The number of ketones is 1. The van der Waals surface area contributed by atoms with E-state index < -0.39 is 5.92 Å². The number of aromatic nitrogens is 1. The zero-order chi connectivity index (χ0) is 15.9. The molecule has 1 aliphatic rings. The van der Waals surface area contributed by atoms with Gasteiger partial charge in [-0.05, 0) is 24.5 Å². The Kier molecular flexibility index (Phi) is 3.67. The SMILES string of the molecule is Cn1cc(C(C)(C)C2CCCC(C=O)C2=O)c2ccccc21. The van der Waals surface area contributed by atoms with E-state index in [1.54, 1.807) is 0 Å². The number of rotatable bonds is 3. The highest BCUT2D eigenvalue weighted by Gasteiger charge is 2.42. The molecular formula is C19H23NO2. The van der Waals surface area contributed by atoms with Crippen molar-refractivity contribution in [2.45, 2.75) is 38.5 Å². The highest BCUT2D eigenvalue weighted by Crippen LogP contribution is 2.43. The number of carbonyl (C=O) groups excluding carboxylic acids is 2. The Balaban J connectivity index is 2.08. The van der Waals surface area contributed by atoms with Gasteiger partial charge in [-0.1, -0.05) is 38.5 Å². The van der Waals surface area contributed by atoms with Crippen LogP contribution in [0.1, 0.15) is 38.7 Å². The molecule has 0 N–H and O–H groups in total. The van der Waals surface area contributed by atoms with E-state index in [-0.39, 0.29) is 17.1 Å². The summed E-state index contributed by atoms with van der Waals surface area (Å²) in [6.07, 6.45) is 5.52. The molecule has 0 amide bonds. The third-order valence-electron chi connectivity index (χ3n) is 5.34. The first kappa shape index (κ1) is 15.0. The molecule has 0 aliphatic heterocycles. The Morgan fingerprint density at radius 2 is 1.95 bits per heavy atom. The van der Waals surface area contributed by atoms with E-state index in [2.05, 4.69) is 36.7 Å². The minimum Gasteiger partial charge on any atom is -0.350 e. The van der Waals surface area contributed by atoms with Crippen LogP contribution >= 0.6 is 0 Å². The first-order valence-corrected chi connectivity index (χ1v) is 8.00. The van der Waals surface area contributed by atoms with Gasteiger partial charge in [0.1, 0.15) is 12.1 Å². The summed E-state index contributed by atoms with van der Waals surface area (Å²) in [6, 6.07) is 8.30. The summed E-state index contributed by atoms with van der Waals surface area (Å²) >= 11 is 0. The van der Waals surface area contributed by atoms with Gasteiger partial charge in [0.15, 0.2) is 0 Å². The van der Waals surface area contributed by atoms with Gasteiger partial charge in [0, 0.05) is 35.5 Å². The number of Topliss-reactive ketones (excluding diaryl/α,β-unsaturated/α-hetero) is 1. The first-order valence-electron chi connectivity index (χ1n) is 8.00. The van der Waals surface area contributed by atoms with Crippen LogP contribution in [-0.4, -0.2) is 16.6 Å². The van der Waals surface area contributed by atoms with Gasteiger partial charge in [-0.3, -0.25) is 4.79 Å². The van der Waals surface area contributed by atoms with Gasteiger partial charge in [0.05, 0.1) is 5.92 Å². The van der Waals surface area contributed by atoms with Crippen molar-refractivity contribution in [1.82, 2.24) is 4.57 Å².